The lowest BCUT2D eigenvalue weighted by Crippen LogP contribution is -2.49. The molecule has 2 aliphatic rings. The monoisotopic (exact) mass is 284 g/mol. The van der Waals surface area contributed by atoms with Crippen LogP contribution in [0.3, 0.4) is 0 Å². The first-order chi connectivity index (χ1) is 9.30. The van der Waals surface area contributed by atoms with E-state index in [1.165, 1.54) is 0 Å². The Balaban J connectivity index is 1.94. The minimum Gasteiger partial charge on any atom is -0.480 e. The zero-order chi connectivity index (χ0) is 14.9. The van der Waals surface area contributed by atoms with Crippen LogP contribution in [0.15, 0.2) is 0 Å². The summed E-state index contributed by atoms with van der Waals surface area (Å²) in [6.45, 7) is 4.84. The van der Waals surface area contributed by atoms with Crippen LogP contribution in [0.25, 0.3) is 0 Å². The number of carbonyl (C=O) groups is 2. The zero-order valence-electron chi connectivity index (χ0n) is 12.2. The quantitative estimate of drug-likeness (QED) is 0.794. The van der Waals surface area contributed by atoms with Crippen LogP contribution in [-0.4, -0.2) is 52.2 Å². The highest BCUT2D eigenvalue weighted by Gasteiger charge is 2.46. The summed E-state index contributed by atoms with van der Waals surface area (Å²) in [5.74, 6) is -1.06. The summed E-state index contributed by atoms with van der Waals surface area (Å²) in [5.41, 5.74) is 5.26. The first-order valence-electron chi connectivity index (χ1n) is 7.26. The molecule has 2 aliphatic heterocycles. The Labute approximate surface area is 119 Å². The van der Waals surface area contributed by atoms with E-state index in [9.17, 15) is 9.59 Å². The minimum absolute atomic E-state index is 0.00213. The number of hydrogen-bond donors (Lipinski definition) is 2. The van der Waals surface area contributed by atoms with Gasteiger partial charge in [0.15, 0.2) is 0 Å². The molecule has 20 heavy (non-hydrogen) atoms. The first kappa shape index (κ1) is 15.3. The van der Waals surface area contributed by atoms with Gasteiger partial charge in [0, 0.05) is 13.0 Å². The molecule has 0 aromatic rings. The lowest BCUT2D eigenvalue weighted by molar-refractivity contribution is -0.140. The van der Waals surface area contributed by atoms with Gasteiger partial charge in [-0.25, -0.2) is 0 Å². The van der Waals surface area contributed by atoms with Crippen LogP contribution in [0.5, 0.6) is 0 Å². The van der Waals surface area contributed by atoms with Crippen LogP contribution in [0.2, 0.25) is 0 Å². The highest BCUT2D eigenvalue weighted by molar-refractivity contribution is 5.79. The Morgan fingerprint density at radius 1 is 1.50 bits per heavy atom. The summed E-state index contributed by atoms with van der Waals surface area (Å²) >= 11 is 0. The lowest BCUT2D eigenvalue weighted by Gasteiger charge is -2.36. The third-order valence-electron chi connectivity index (χ3n) is 4.20. The van der Waals surface area contributed by atoms with Gasteiger partial charge in [-0.2, -0.15) is 0 Å². The molecule has 0 bridgehead atoms. The number of amides is 1. The number of likely N-dealkylation sites (tertiary alicyclic amines) is 1. The summed E-state index contributed by atoms with van der Waals surface area (Å²) in [6, 6.07) is -0.830. The van der Waals surface area contributed by atoms with Crippen molar-refractivity contribution >= 4 is 11.9 Å². The van der Waals surface area contributed by atoms with Gasteiger partial charge in [-0.15, -0.1) is 0 Å². The SMILES string of the molecule is CC1(C)C[C@H]2[C@H](CCCN2C(=O)CC[C@@H](N)C(=O)O)O1. The van der Waals surface area contributed by atoms with Crippen molar-refractivity contribution < 1.29 is 19.4 Å². The number of carboxylic acids is 1. The van der Waals surface area contributed by atoms with E-state index in [2.05, 4.69) is 0 Å². The van der Waals surface area contributed by atoms with Gasteiger partial charge in [-0.3, -0.25) is 9.59 Å². The molecule has 0 saturated carbocycles. The molecule has 6 heteroatoms. The van der Waals surface area contributed by atoms with E-state index in [4.69, 9.17) is 15.6 Å². The van der Waals surface area contributed by atoms with Gasteiger partial charge in [0.25, 0.3) is 0 Å². The minimum atomic E-state index is -1.06. The maximum Gasteiger partial charge on any atom is 0.320 e. The van der Waals surface area contributed by atoms with Crippen LogP contribution in [0, 0.1) is 0 Å². The molecule has 0 aromatic carbocycles. The number of fused-ring (bicyclic) bond motifs is 1. The van der Waals surface area contributed by atoms with E-state index in [-0.39, 0.29) is 36.5 Å². The van der Waals surface area contributed by atoms with Crippen molar-refractivity contribution in [1.29, 1.82) is 0 Å². The highest BCUT2D eigenvalue weighted by Crippen LogP contribution is 2.38. The average Bonchev–Trinajstić information content (AvgIpc) is 2.68. The predicted octanol–water partition coefficient (Wildman–Crippen LogP) is 0.737. The van der Waals surface area contributed by atoms with Crippen molar-refractivity contribution in [2.75, 3.05) is 6.54 Å². The number of ether oxygens (including phenoxy) is 1. The van der Waals surface area contributed by atoms with Crippen LogP contribution in [0.1, 0.15) is 46.0 Å². The second kappa shape index (κ2) is 5.69. The molecular formula is C14H24N2O4. The molecule has 2 rings (SSSR count). The van der Waals surface area contributed by atoms with Gasteiger partial charge in [0.1, 0.15) is 6.04 Å². The number of nitrogens with two attached hydrogens (primary N) is 1. The molecule has 0 aliphatic carbocycles. The van der Waals surface area contributed by atoms with Crippen molar-refractivity contribution in [2.24, 2.45) is 5.73 Å². The summed E-state index contributed by atoms with van der Waals surface area (Å²) in [6.07, 6.45) is 3.27. The molecule has 0 radical (unpaired) electrons. The van der Waals surface area contributed by atoms with Gasteiger partial charge in [0.05, 0.1) is 17.7 Å². The van der Waals surface area contributed by atoms with Crippen molar-refractivity contribution in [3.05, 3.63) is 0 Å². The molecule has 3 N–H and O–H groups in total. The molecular weight excluding hydrogens is 260 g/mol. The topological polar surface area (TPSA) is 92.9 Å². The smallest absolute Gasteiger partial charge is 0.320 e. The summed E-state index contributed by atoms with van der Waals surface area (Å²) in [4.78, 5) is 24.9. The molecule has 0 spiro atoms. The average molecular weight is 284 g/mol. The predicted molar refractivity (Wildman–Crippen MR) is 73.1 cm³/mol. The molecule has 0 unspecified atom stereocenters. The van der Waals surface area contributed by atoms with Crippen molar-refractivity contribution in [2.45, 2.75) is 69.7 Å². The van der Waals surface area contributed by atoms with Crippen molar-refractivity contribution in [3.8, 4) is 0 Å². The highest BCUT2D eigenvalue weighted by atomic mass is 16.5. The number of carbonyl (C=O) groups excluding carboxylic acids is 1. The van der Waals surface area contributed by atoms with Crippen molar-refractivity contribution in [3.63, 3.8) is 0 Å². The van der Waals surface area contributed by atoms with Gasteiger partial charge < -0.3 is 20.5 Å². The zero-order valence-corrected chi connectivity index (χ0v) is 12.2. The van der Waals surface area contributed by atoms with Crippen molar-refractivity contribution in [1.82, 2.24) is 4.90 Å². The van der Waals surface area contributed by atoms with Gasteiger partial charge >= 0.3 is 5.97 Å². The Kier molecular flexibility index (Phi) is 4.34. The lowest BCUT2D eigenvalue weighted by atomic mass is 9.93. The van der Waals surface area contributed by atoms with E-state index >= 15 is 0 Å². The fourth-order valence-corrected chi connectivity index (χ4v) is 3.22. The van der Waals surface area contributed by atoms with Gasteiger partial charge in [0.2, 0.25) is 5.91 Å². The van der Waals surface area contributed by atoms with Gasteiger partial charge in [-0.1, -0.05) is 0 Å². The Morgan fingerprint density at radius 2 is 2.20 bits per heavy atom. The molecule has 3 atom stereocenters. The van der Waals surface area contributed by atoms with E-state index < -0.39 is 12.0 Å². The molecule has 2 saturated heterocycles. The standard InChI is InChI=1S/C14H24N2O4/c1-14(2)8-10-11(20-14)4-3-7-16(10)12(17)6-5-9(15)13(18)19/h9-11H,3-8,15H2,1-2H3,(H,18,19)/t9-,10+,11+/m1/s1. The summed E-state index contributed by atoms with van der Waals surface area (Å²) < 4.78 is 5.98. The van der Waals surface area contributed by atoms with Gasteiger partial charge in [-0.05, 0) is 39.5 Å². The maximum absolute atomic E-state index is 12.3. The van der Waals surface area contributed by atoms with Crippen LogP contribution < -0.4 is 5.73 Å². The number of carboxylic acid groups (broad SMARTS) is 1. The fraction of sp³-hybridized carbons (Fsp3) is 0.857. The molecule has 6 nitrogen and oxygen atoms in total. The Hall–Kier alpha value is -1.14. The van der Waals surface area contributed by atoms with Crippen LogP contribution in [-0.2, 0) is 14.3 Å². The molecule has 2 heterocycles. The van der Waals surface area contributed by atoms with E-state index in [1.807, 2.05) is 18.7 Å². The number of hydrogen-bond acceptors (Lipinski definition) is 4. The van der Waals surface area contributed by atoms with E-state index in [0.29, 0.717) is 0 Å². The third kappa shape index (κ3) is 3.30. The Morgan fingerprint density at radius 3 is 2.85 bits per heavy atom. The summed E-state index contributed by atoms with van der Waals surface area (Å²) in [5, 5.41) is 8.75. The number of nitrogens with zero attached hydrogens (tertiary/aromatic N) is 1. The second-order valence-electron chi connectivity index (χ2n) is 6.40. The molecule has 114 valence electrons. The summed E-state index contributed by atoms with van der Waals surface area (Å²) in [7, 11) is 0. The van der Waals surface area contributed by atoms with E-state index in [1.54, 1.807) is 0 Å². The second-order valence-corrected chi connectivity index (χ2v) is 6.40. The largest absolute Gasteiger partial charge is 0.480 e. The number of aliphatic carboxylic acids is 1. The Bertz CT molecular complexity index is 397. The van der Waals surface area contributed by atoms with Crippen LogP contribution in [0.4, 0.5) is 0 Å². The molecule has 2 fully saturated rings. The number of piperidine rings is 1. The molecule has 1 amide bonds. The maximum atomic E-state index is 12.3. The molecule has 0 aromatic heterocycles. The normalized spacial score (nSPS) is 29.9. The first-order valence-corrected chi connectivity index (χ1v) is 7.26. The van der Waals surface area contributed by atoms with E-state index in [0.717, 1.165) is 25.8 Å². The van der Waals surface area contributed by atoms with Crippen LogP contribution >= 0.6 is 0 Å². The fourth-order valence-electron chi connectivity index (χ4n) is 3.22. The number of rotatable bonds is 4. The third-order valence-corrected chi connectivity index (χ3v) is 4.20.